The molecule has 1 aromatic heterocycles. The van der Waals surface area contributed by atoms with E-state index in [1.165, 1.54) is 0 Å². The average Bonchev–Trinajstić information content (AvgIpc) is 3.01. The normalized spacial score (nSPS) is 18.7. The molecule has 0 unspecified atom stereocenters. The molecule has 0 aliphatic carbocycles. The number of carbonyl (C=O) groups is 1. The van der Waals surface area contributed by atoms with Gasteiger partial charge in [-0.05, 0) is 36.6 Å². The monoisotopic (exact) mass is 282 g/mol. The van der Waals surface area contributed by atoms with Gasteiger partial charge >= 0.3 is 0 Å². The second-order valence-corrected chi connectivity index (χ2v) is 5.26. The van der Waals surface area contributed by atoms with Gasteiger partial charge in [-0.1, -0.05) is 18.2 Å². The standard InChI is InChI=1S/C17H18N2O2/c20-12-14-4-3-11-19(14)17(21)8-7-13-9-10-18-16-6-2-1-5-15(13)16/h1-2,5-10,14,20H,3-4,11-12H2/b8-7+/t14-/m1/s1. The van der Waals surface area contributed by atoms with Gasteiger partial charge < -0.3 is 10.0 Å². The molecule has 0 bridgehead atoms. The summed E-state index contributed by atoms with van der Waals surface area (Å²) in [5.41, 5.74) is 1.90. The highest BCUT2D eigenvalue weighted by Gasteiger charge is 2.26. The van der Waals surface area contributed by atoms with Gasteiger partial charge in [0.25, 0.3) is 0 Å². The maximum absolute atomic E-state index is 12.2. The van der Waals surface area contributed by atoms with Crippen LogP contribution in [0.5, 0.6) is 0 Å². The summed E-state index contributed by atoms with van der Waals surface area (Å²) in [4.78, 5) is 18.3. The smallest absolute Gasteiger partial charge is 0.246 e. The summed E-state index contributed by atoms with van der Waals surface area (Å²) in [6, 6.07) is 9.74. The second-order valence-electron chi connectivity index (χ2n) is 5.26. The molecule has 21 heavy (non-hydrogen) atoms. The Balaban J connectivity index is 1.83. The fourth-order valence-corrected chi connectivity index (χ4v) is 2.84. The minimum atomic E-state index is -0.0348. The van der Waals surface area contributed by atoms with Crippen molar-refractivity contribution in [2.75, 3.05) is 13.2 Å². The van der Waals surface area contributed by atoms with Crippen molar-refractivity contribution in [3.63, 3.8) is 0 Å². The Morgan fingerprint density at radius 2 is 2.24 bits per heavy atom. The van der Waals surface area contributed by atoms with Gasteiger partial charge in [-0.15, -0.1) is 0 Å². The Kier molecular flexibility index (Phi) is 3.97. The molecule has 0 saturated carbocycles. The fraction of sp³-hybridized carbons (Fsp3) is 0.294. The van der Waals surface area contributed by atoms with Crippen molar-refractivity contribution < 1.29 is 9.90 Å². The van der Waals surface area contributed by atoms with E-state index >= 15 is 0 Å². The molecule has 0 spiro atoms. The van der Waals surface area contributed by atoms with Crippen LogP contribution in [0, 0.1) is 0 Å². The number of likely N-dealkylation sites (tertiary alicyclic amines) is 1. The molecule has 108 valence electrons. The van der Waals surface area contributed by atoms with E-state index in [1.807, 2.05) is 36.4 Å². The first kappa shape index (κ1) is 13.8. The molecular weight excluding hydrogens is 264 g/mol. The number of para-hydroxylation sites is 1. The van der Waals surface area contributed by atoms with Gasteiger partial charge in [-0.2, -0.15) is 0 Å². The van der Waals surface area contributed by atoms with Crippen molar-refractivity contribution in [3.8, 4) is 0 Å². The molecule has 1 atom stereocenters. The van der Waals surface area contributed by atoms with E-state index in [4.69, 9.17) is 0 Å². The van der Waals surface area contributed by atoms with Gasteiger partial charge in [-0.25, -0.2) is 0 Å². The number of aromatic nitrogens is 1. The third-order valence-electron chi connectivity index (χ3n) is 3.96. The third kappa shape index (κ3) is 2.81. The predicted octanol–water partition coefficient (Wildman–Crippen LogP) is 2.23. The van der Waals surface area contributed by atoms with E-state index in [-0.39, 0.29) is 18.6 Å². The molecule has 1 N–H and O–H groups in total. The quantitative estimate of drug-likeness (QED) is 0.878. The molecule has 3 rings (SSSR count). The Morgan fingerprint density at radius 1 is 1.38 bits per heavy atom. The van der Waals surface area contributed by atoms with Crippen molar-refractivity contribution in [3.05, 3.63) is 48.2 Å². The molecule has 2 aromatic rings. The molecule has 0 radical (unpaired) electrons. The van der Waals surface area contributed by atoms with E-state index in [0.717, 1.165) is 35.9 Å². The van der Waals surface area contributed by atoms with E-state index < -0.39 is 0 Å². The van der Waals surface area contributed by atoms with Crippen LogP contribution in [0.15, 0.2) is 42.6 Å². The van der Waals surface area contributed by atoms with Crippen molar-refractivity contribution in [1.82, 2.24) is 9.88 Å². The van der Waals surface area contributed by atoms with Crippen molar-refractivity contribution in [1.29, 1.82) is 0 Å². The fourth-order valence-electron chi connectivity index (χ4n) is 2.84. The first-order chi connectivity index (χ1) is 10.3. The van der Waals surface area contributed by atoms with Gasteiger partial charge in [-0.3, -0.25) is 9.78 Å². The lowest BCUT2D eigenvalue weighted by Gasteiger charge is -2.21. The Hall–Kier alpha value is -2.20. The number of aliphatic hydroxyl groups is 1. The van der Waals surface area contributed by atoms with Gasteiger partial charge in [0, 0.05) is 24.2 Å². The maximum atomic E-state index is 12.2. The number of amides is 1. The zero-order chi connectivity index (χ0) is 14.7. The van der Waals surface area contributed by atoms with E-state index in [2.05, 4.69) is 4.98 Å². The number of aliphatic hydroxyl groups excluding tert-OH is 1. The lowest BCUT2D eigenvalue weighted by atomic mass is 10.1. The van der Waals surface area contributed by atoms with Crippen LogP contribution in [-0.2, 0) is 4.79 Å². The number of carbonyl (C=O) groups excluding carboxylic acids is 1. The minimum absolute atomic E-state index is 0.0312. The first-order valence-corrected chi connectivity index (χ1v) is 7.23. The minimum Gasteiger partial charge on any atom is -0.394 e. The van der Waals surface area contributed by atoms with Crippen LogP contribution in [0.3, 0.4) is 0 Å². The average molecular weight is 282 g/mol. The highest BCUT2D eigenvalue weighted by molar-refractivity contribution is 5.95. The van der Waals surface area contributed by atoms with Crippen LogP contribution in [0.1, 0.15) is 18.4 Å². The summed E-state index contributed by atoms with van der Waals surface area (Å²) in [6.07, 6.45) is 7.02. The zero-order valence-corrected chi connectivity index (χ0v) is 11.8. The Morgan fingerprint density at radius 3 is 3.10 bits per heavy atom. The van der Waals surface area contributed by atoms with Gasteiger partial charge in [0.15, 0.2) is 0 Å². The lowest BCUT2D eigenvalue weighted by molar-refractivity contribution is -0.127. The summed E-state index contributed by atoms with van der Waals surface area (Å²) in [6.45, 7) is 0.767. The number of pyridine rings is 1. The molecule has 2 heterocycles. The molecule has 1 aliphatic heterocycles. The Labute approximate surface area is 123 Å². The van der Waals surface area contributed by atoms with E-state index in [9.17, 15) is 9.90 Å². The van der Waals surface area contributed by atoms with Crippen LogP contribution in [0.2, 0.25) is 0 Å². The highest BCUT2D eigenvalue weighted by Crippen LogP contribution is 2.19. The number of benzene rings is 1. The van der Waals surface area contributed by atoms with Crippen LogP contribution < -0.4 is 0 Å². The SMILES string of the molecule is O=C(/C=C/c1ccnc2ccccc12)N1CCC[C@@H]1CO. The number of rotatable bonds is 3. The Bertz CT molecular complexity index is 676. The van der Waals surface area contributed by atoms with Crippen LogP contribution in [0.4, 0.5) is 0 Å². The number of hydrogen-bond donors (Lipinski definition) is 1. The predicted molar refractivity (Wildman–Crippen MR) is 82.6 cm³/mol. The molecule has 1 saturated heterocycles. The summed E-state index contributed by atoms with van der Waals surface area (Å²) < 4.78 is 0. The van der Waals surface area contributed by atoms with Crippen LogP contribution in [0.25, 0.3) is 17.0 Å². The molecule has 4 heteroatoms. The van der Waals surface area contributed by atoms with Crippen molar-refractivity contribution in [2.24, 2.45) is 0 Å². The topological polar surface area (TPSA) is 53.4 Å². The molecule has 1 aromatic carbocycles. The summed E-state index contributed by atoms with van der Waals surface area (Å²) in [7, 11) is 0. The lowest BCUT2D eigenvalue weighted by Crippen LogP contribution is -2.36. The van der Waals surface area contributed by atoms with Crippen LogP contribution >= 0.6 is 0 Å². The largest absolute Gasteiger partial charge is 0.394 e. The molecule has 1 aliphatic rings. The zero-order valence-electron chi connectivity index (χ0n) is 11.8. The molecule has 4 nitrogen and oxygen atoms in total. The molecular formula is C17H18N2O2. The van der Waals surface area contributed by atoms with Crippen LogP contribution in [-0.4, -0.2) is 40.1 Å². The van der Waals surface area contributed by atoms with Gasteiger partial charge in [0.2, 0.25) is 5.91 Å². The summed E-state index contributed by atoms with van der Waals surface area (Å²) in [5, 5.41) is 10.3. The first-order valence-electron chi connectivity index (χ1n) is 7.23. The summed E-state index contributed by atoms with van der Waals surface area (Å²) >= 11 is 0. The number of fused-ring (bicyclic) bond motifs is 1. The highest BCUT2D eigenvalue weighted by atomic mass is 16.3. The second kappa shape index (κ2) is 6.06. The molecule has 1 amide bonds. The van der Waals surface area contributed by atoms with E-state index in [0.29, 0.717) is 0 Å². The molecule has 1 fully saturated rings. The van der Waals surface area contributed by atoms with Crippen molar-refractivity contribution >= 4 is 22.9 Å². The third-order valence-corrected chi connectivity index (χ3v) is 3.96. The van der Waals surface area contributed by atoms with Crippen molar-refractivity contribution in [2.45, 2.75) is 18.9 Å². The number of hydrogen-bond acceptors (Lipinski definition) is 3. The maximum Gasteiger partial charge on any atom is 0.246 e. The van der Waals surface area contributed by atoms with Gasteiger partial charge in [0.05, 0.1) is 18.2 Å². The number of nitrogens with zero attached hydrogens (tertiary/aromatic N) is 2. The van der Waals surface area contributed by atoms with Gasteiger partial charge in [0.1, 0.15) is 0 Å². The van der Waals surface area contributed by atoms with E-state index in [1.54, 1.807) is 17.2 Å². The summed E-state index contributed by atoms with van der Waals surface area (Å²) in [5.74, 6) is -0.0348.